The summed E-state index contributed by atoms with van der Waals surface area (Å²) in [6, 6.07) is 10.4. The van der Waals surface area contributed by atoms with Crippen molar-refractivity contribution in [2.75, 3.05) is 5.75 Å². The Labute approximate surface area is 170 Å². The Morgan fingerprint density at radius 3 is 2.54 bits per heavy atom. The van der Waals surface area contributed by atoms with Crippen LogP contribution in [0.3, 0.4) is 0 Å². The molecule has 28 heavy (non-hydrogen) atoms. The predicted molar refractivity (Wildman–Crippen MR) is 113 cm³/mol. The number of nitrogens with zero attached hydrogens (tertiary/aromatic N) is 4. The molecule has 0 saturated carbocycles. The maximum absolute atomic E-state index is 12.4. The van der Waals surface area contributed by atoms with Crippen molar-refractivity contribution in [1.29, 1.82) is 0 Å². The number of hydrogen-bond acceptors (Lipinski definition) is 5. The smallest absolute Gasteiger partial charge is 0.256 e. The van der Waals surface area contributed by atoms with E-state index in [2.05, 4.69) is 58.6 Å². The average Bonchev–Trinajstić information content (AvgIpc) is 3.03. The second-order valence-electron chi connectivity index (χ2n) is 7.57. The number of nitrogens with one attached hydrogen (secondary N) is 1. The van der Waals surface area contributed by atoms with Gasteiger partial charge in [-0.2, -0.15) is 0 Å². The minimum Gasteiger partial charge on any atom is -0.349 e. The quantitative estimate of drug-likeness (QED) is 0.612. The molecule has 0 unspecified atom stereocenters. The molecule has 1 amide bonds. The van der Waals surface area contributed by atoms with Gasteiger partial charge in [0.15, 0.2) is 5.16 Å². The first-order valence-electron chi connectivity index (χ1n) is 9.54. The van der Waals surface area contributed by atoms with Crippen molar-refractivity contribution in [1.82, 2.24) is 24.9 Å². The van der Waals surface area contributed by atoms with E-state index in [9.17, 15) is 4.79 Å². The number of aromatic nitrogens is 4. The van der Waals surface area contributed by atoms with Crippen LogP contribution < -0.4 is 5.32 Å². The fourth-order valence-electron chi connectivity index (χ4n) is 3.20. The lowest BCUT2D eigenvalue weighted by Gasteiger charge is -2.15. The molecule has 1 N–H and O–H groups in total. The molecular formula is C21H27N5OS. The maximum atomic E-state index is 12.4. The molecular weight excluding hydrogens is 370 g/mol. The van der Waals surface area contributed by atoms with Gasteiger partial charge in [-0.05, 0) is 50.3 Å². The second-order valence-corrected chi connectivity index (χ2v) is 8.52. The molecule has 1 atom stereocenters. The number of carbonyl (C=O) groups is 1. The molecule has 7 heteroatoms. The van der Waals surface area contributed by atoms with E-state index in [4.69, 9.17) is 0 Å². The highest BCUT2D eigenvalue weighted by atomic mass is 32.2. The third-order valence-corrected chi connectivity index (χ3v) is 5.43. The van der Waals surface area contributed by atoms with E-state index in [1.54, 1.807) is 0 Å². The number of carbonyl (C=O) groups excluding carboxylic acids is 1. The minimum absolute atomic E-state index is 0.0294. The molecule has 1 aromatic carbocycles. The zero-order valence-electron chi connectivity index (χ0n) is 17.1. The van der Waals surface area contributed by atoms with E-state index in [1.807, 2.05) is 31.2 Å². The van der Waals surface area contributed by atoms with Gasteiger partial charge in [-0.1, -0.05) is 49.9 Å². The standard InChI is InChI=1S/C21H27N5OS/c1-13(2)10-17-6-8-18(9-7-17)16(5)23-19(27)12-28-21-25-24-20-22-14(3)11-15(4)26(20)21/h6-9,11,13,16H,10,12H2,1-5H3,(H,23,27)/t16-/m0/s1. The molecule has 0 fully saturated rings. The summed E-state index contributed by atoms with van der Waals surface area (Å²) >= 11 is 1.37. The summed E-state index contributed by atoms with van der Waals surface area (Å²) < 4.78 is 1.88. The lowest BCUT2D eigenvalue weighted by Crippen LogP contribution is -2.28. The number of aryl methyl sites for hydroxylation is 2. The van der Waals surface area contributed by atoms with Crippen molar-refractivity contribution in [2.24, 2.45) is 5.92 Å². The number of thioether (sulfide) groups is 1. The van der Waals surface area contributed by atoms with Crippen LogP contribution in [0.15, 0.2) is 35.5 Å². The van der Waals surface area contributed by atoms with E-state index in [0.717, 1.165) is 23.4 Å². The van der Waals surface area contributed by atoms with Gasteiger partial charge in [0.25, 0.3) is 5.78 Å². The van der Waals surface area contributed by atoms with Gasteiger partial charge in [-0.3, -0.25) is 9.20 Å². The average molecular weight is 398 g/mol. The zero-order chi connectivity index (χ0) is 20.3. The molecule has 0 radical (unpaired) electrons. The lowest BCUT2D eigenvalue weighted by atomic mass is 10.00. The third-order valence-electron chi connectivity index (χ3n) is 4.50. The molecule has 0 aliphatic rings. The number of fused-ring (bicyclic) bond motifs is 1. The summed E-state index contributed by atoms with van der Waals surface area (Å²) in [5, 5.41) is 12.0. The Balaban J connectivity index is 1.58. The van der Waals surface area contributed by atoms with Crippen LogP contribution >= 0.6 is 11.8 Å². The summed E-state index contributed by atoms with van der Waals surface area (Å²) in [7, 11) is 0. The molecule has 3 aromatic rings. The predicted octanol–water partition coefficient (Wildman–Crippen LogP) is 3.91. The monoisotopic (exact) mass is 397 g/mol. The fourth-order valence-corrected chi connectivity index (χ4v) is 4.00. The van der Waals surface area contributed by atoms with Crippen molar-refractivity contribution >= 4 is 23.4 Å². The Morgan fingerprint density at radius 2 is 1.86 bits per heavy atom. The SMILES string of the molecule is Cc1cc(C)n2c(SCC(=O)N[C@@H](C)c3ccc(CC(C)C)cc3)nnc2n1. The van der Waals surface area contributed by atoms with Crippen LogP contribution in [0.1, 0.15) is 49.3 Å². The van der Waals surface area contributed by atoms with Gasteiger partial charge < -0.3 is 5.32 Å². The van der Waals surface area contributed by atoms with Gasteiger partial charge in [-0.25, -0.2) is 4.98 Å². The first-order valence-corrected chi connectivity index (χ1v) is 10.5. The molecule has 2 aromatic heterocycles. The van der Waals surface area contributed by atoms with Crippen LogP contribution in [-0.2, 0) is 11.2 Å². The number of rotatable bonds is 7. The highest BCUT2D eigenvalue weighted by Gasteiger charge is 2.14. The Morgan fingerprint density at radius 1 is 1.14 bits per heavy atom. The third kappa shape index (κ3) is 4.90. The van der Waals surface area contributed by atoms with Crippen molar-refractivity contribution in [3.63, 3.8) is 0 Å². The number of amides is 1. The van der Waals surface area contributed by atoms with Crippen molar-refractivity contribution in [2.45, 2.75) is 52.2 Å². The molecule has 0 saturated heterocycles. The van der Waals surface area contributed by atoms with Crippen molar-refractivity contribution in [3.8, 4) is 0 Å². The molecule has 3 rings (SSSR count). The van der Waals surface area contributed by atoms with E-state index < -0.39 is 0 Å². The van der Waals surface area contributed by atoms with Crippen LogP contribution in [0.4, 0.5) is 0 Å². The van der Waals surface area contributed by atoms with Gasteiger partial charge in [-0.15, -0.1) is 10.2 Å². The normalized spacial score (nSPS) is 12.5. The summed E-state index contributed by atoms with van der Waals surface area (Å²) in [6.45, 7) is 10.3. The Bertz CT molecular complexity index is 965. The van der Waals surface area contributed by atoms with Gasteiger partial charge in [0.2, 0.25) is 5.91 Å². The lowest BCUT2D eigenvalue weighted by molar-refractivity contribution is -0.119. The Hall–Kier alpha value is -2.41. The van der Waals surface area contributed by atoms with Gasteiger partial charge in [0, 0.05) is 11.4 Å². The van der Waals surface area contributed by atoms with Crippen molar-refractivity contribution < 1.29 is 4.79 Å². The van der Waals surface area contributed by atoms with Crippen LogP contribution in [0, 0.1) is 19.8 Å². The van der Waals surface area contributed by atoms with E-state index in [-0.39, 0.29) is 17.7 Å². The highest BCUT2D eigenvalue weighted by molar-refractivity contribution is 7.99. The summed E-state index contributed by atoms with van der Waals surface area (Å²) in [6.07, 6.45) is 1.07. The molecule has 0 aliphatic carbocycles. The fraction of sp³-hybridized carbons (Fsp3) is 0.429. The van der Waals surface area contributed by atoms with Crippen molar-refractivity contribution in [3.05, 3.63) is 52.8 Å². The summed E-state index contributed by atoms with van der Waals surface area (Å²) in [4.78, 5) is 16.8. The minimum atomic E-state index is -0.0394. The molecule has 0 bridgehead atoms. The summed E-state index contributed by atoms with van der Waals surface area (Å²) in [5.41, 5.74) is 4.34. The van der Waals surface area contributed by atoms with E-state index >= 15 is 0 Å². The molecule has 0 spiro atoms. The van der Waals surface area contributed by atoms with Crippen LogP contribution in [0.25, 0.3) is 5.78 Å². The summed E-state index contributed by atoms with van der Waals surface area (Å²) in [5.74, 6) is 1.45. The molecule has 0 aliphatic heterocycles. The van der Waals surface area contributed by atoms with Gasteiger partial charge in [0.05, 0.1) is 11.8 Å². The van der Waals surface area contributed by atoms with E-state index in [1.165, 1.54) is 17.3 Å². The number of hydrogen-bond donors (Lipinski definition) is 1. The van der Waals surface area contributed by atoms with Crippen LogP contribution in [0.5, 0.6) is 0 Å². The molecule has 6 nitrogen and oxygen atoms in total. The number of benzene rings is 1. The van der Waals surface area contributed by atoms with Crippen LogP contribution in [0.2, 0.25) is 0 Å². The topological polar surface area (TPSA) is 72.2 Å². The highest BCUT2D eigenvalue weighted by Crippen LogP contribution is 2.20. The maximum Gasteiger partial charge on any atom is 0.256 e. The van der Waals surface area contributed by atoms with Gasteiger partial charge in [0.1, 0.15) is 0 Å². The Kier molecular flexibility index (Phi) is 6.34. The largest absolute Gasteiger partial charge is 0.349 e. The molecule has 148 valence electrons. The molecule has 2 heterocycles. The first kappa shape index (κ1) is 20.3. The zero-order valence-corrected chi connectivity index (χ0v) is 17.9. The second kappa shape index (κ2) is 8.73. The first-order chi connectivity index (χ1) is 13.3. The van der Waals surface area contributed by atoms with Gasteiger partial charge >= 0.3 is 0 Å². The van der Waals surface area contributed by atoms with E-state index in [0.29, 0.717) is 16.9 Å². The van der Waals surface area contributed by atoms with Crippen LogP contribution in [-0.4, -0.2) is 31.2 Å².